The Morgan fingerprint density at radius 3 is 2.68 bits per heavy atom. The van der Waals surface area contributed by atoms with Crippen molar-refractivity contribution >= 4 is 34.3 Å². The molecular formula is C19H14N4O3S2. The smallest absolute Gasteiger partial charge is 0.279 e. The maximum atomic E-state index is 12.4. The van der Waals surface area contributed by atoms with Crippen LogP contribution in [0.2, 0.25) is 0 Å². The average Bonchev–Trinajstić information content (AvgIpc) is 3.39. The second-order valence-corrected chi connectivity index (χ2v) is 7.35. The molecule has 0 spiro atoms. The molecule has 7 nitrogen and oxygen atoms in total. The highest BCUT2D eigenvalue weighted by molar-refractivity contribution is 7.99. The lowest BCUT2D eigenvalue weighted by atomic mass is 10.1. The molecule has 0 radical (unpaired) electrons. The molecule has 0 aliphatic rings. The van der Waals surface area contributed by atoms with Crippen LogP contribution in [-0.2, 0) is 0 Å². The van der Waals surface area contributed by atoms with E-state index in [-0.39, 0.29) is 5.69 Å². The fraction of sp³-hybridized carbons (Fsp3) is 0.0526. The lowest BCUT2D eigenvalue weighted by molar-refractivity contribution is 0.101. The topological polar surface area (TPSA) is 90.1 Å². The summed E-state index contributed by atoms with van der Waals surface area (Å²) in [4.78, 5) is 17.7. The molecule has 2 aromatic carbocycles. The number of carbonyl (C=O) groups is 1. The monoisotopic (exact) mass is 410 g/mol. The van der Waals surface area contributed by atoms with Gasteiger partial charge in [-0.2, -0.15) is 9.36 Å². The van der Waals surface area contributed by atoms with Crippen LogP contribution in [0.5, 0.6) is 5.75 Å². The molecule has 0 saturated carbocycles. The minimum absolute atomic E-state index is 0.179. The van der Waals surface area contributed by atoms with E-state index >= 15 is 0 Å². The zero-order chi connectivity index (χ0) is 19.3. The Hall–Kier alpha value is -3.17. The lowest BCUT2D eigenvalue weighted by Crippen LogP contribution is -2.11. The van der Waals surface area contributed by atoms with Gasteiger partial charge in [-0.1, -0.05) is 35.5 Å². The highest BCUT2D eigenvalue weighted by atomic mass is 32.2. The number of aromatic nitrogens is 3. The van der Waals surface area contributed by atoms with Crippen molar-refractivity contribution in [2.24, 2.45) is 0 Å². The Balaban J connectivity index is 1.41. The highest BCUT2D eigenvalue weighted by Crippen LogP contribution is 2.29. The van der Waals surface area contributed by atoms with Crippen LogP contribution in [0.15, 0.2) is 75.2 Å². The van der Waals surface area contributed by atoms with Crippen molar-refractivity contribution in [3.8, 4) is 17.1 Å². The van der Waals surface area contributed by atoms with Gasteiger partial charge in [0.15, 0.2) is 11.5 Å². The molecule has 0 aliphatic heterocycles. The number of hydrogen-bond acceptors (Lipinski definition) is 8. The molecule has 0 atom stereocenters. The van der Waals surface area contributed by atoms with Crippen molar-refractivity contribution in [1.82, 2.24) is 14.5 Å². The Bertz CT molecular complexity index is 1080. The number of anilines is 1. The summed E-state index contributed by atoms with van der Waals surface area (Å²) in [5.41, 5.74) is 1.03. The van der Waals surface area contributed by atoms with Crippen LogP contribution >= 0.6 is 23.3 Å². The standard InChI is InChI=1S/C19H14N4O3S2/c1-25-13-7-9-14(10-8-13)27-19-21-18(28-23-19)20-17(24)15-11-16(26-22-15)12-5-3-2-4-6-12/h2-11H,1H3,(H,20,21,23,24). The Morgan fingerprint density at radius 2 is 1.93 bits per heavy atom. The molecule has 140 valence electrons. The molecule has 0 saturated heterocycles. The normalized spacial score (nSPS) is 10.6. The molecule has 1 amide bonds. The fourth-order valence-electron chi connectivity index (χ4n) is 2.33. The molecule has 0 fully saturated rings. The maximum absolute atomic E-state index is 12.4. The largest absolute Gasteiger partial charge is 0.497 e. The van der Waals surface area contributed by atoms with E-state index in [9.17, 15) is 4.79 Å². The number of nitrogens with one attached hydrogen (secondary N) is 1. The van der Waals surface area contributed by atoms with E-state index in [1.807, 2.05) is 54.6 Å². The van der Waals surface area contributed by atoms with Crippen molar-refractivity contribution in [2.75, 3.05) is 12.4 Å². The van der Waals surface area contributed by atoms with Gasteiger partial charge >= 0.3 is 0 Å². The van der Waals surface area contributed by atoms with Crippen LogP contribution in [0.3, 0.4) is 0 Å². The molecule has 0 bridgehead atoms. The van der Waals surface area contributed by atoms with E-state index in [0.29, 0.717) is 16.0 Å². The third-order valence-corrected chi connectivity index (χ3v) is 5.32. The first-order valence-electron chi connectivity index (χ1n) is 8.20. The SMILES string of the molecule is COc1ccc(Sc2nsc(NC(=O)c3cc(-c4ccccc4)on3)n2)cc1. The lowest BCUT2D eigenvalue weighted by Gasteiger charge is -2.00. The molecule has 9 heteroatoms. The zero-order valence-corrected chi connectivity index (χ0v) is 16.3. The van der Waals surface area contributed by atoms with Crippen LogP contribution in [0.25, 0.3) is 11.3 Å². The van der Waals surface area contributed by atoms with Gasteiger partial charge in [0.2, 0.25) is 10.3 Å². The van der Waals surface area contributed by atoms with Crippen LogP contribution in [0, 0.1) is 0 Å². The summed E-state index contributed by atoms with van der Waals surface area (Å²) in [6.07, 6.45) is 0. The third-order valence-electron chi connectivity index (χ3n) is 3.70. The predicted molar refractivity (Wildman–Crippen MR) is 107 cm³/mol. The van der Waals surface area contributed by atoms with Gasteiger partial charge in [0.25, 0.3) is 5.91 Å². The quantitative estimate of drug-likeness (QED) is 0.496. The molecular weight excluding hydrogens is 396 g/mol. The third kappa shape index (κ3) is 4.21. The van der Waals surface area contributed by atoms with Crippen molar-refractivity contribution < 1.29 is 14.1 Å². The van der Waals surface area contributed by atoms with E-state index in [1.165, 1.54) is 11.8 Å². The van der Waals surface area contributed by atoms with E-state index in [4.69, 9.17) is 9.26 Å². The summed E-state index contributed by atoms with van der Waals surface area (Å²) in [5, 5.41) is 7.47. The summed E-state index contributed by atoms with van der Waals surface area (Å²) in [6.45, 7) is 0. The number of methoxy groups -OCH3 is 1. The van der Waals surface area contributed by atoms with E-state index in [1.54, 1.807) is 13.2 Å². The highest BCUT2D eigenvalue weighted by Gasteiger charge is 2.16. The number of ether oxygens (including phenoxy) is 1. The van der Waals surface area contributed by atoms with Crippen LogP contribution in [0.4, 0.5) is 5.13 Å². The van der Waals surface area contributed by atoms with E-state index < -0.39 is 5.91 Å². The van der Waals surface area contributed by atoms with Crippen LogP contribution in [0.1, 0.15) is 10.5 Å². The molecule has 1 N–H and O–H groups in total. The van der Waals surface area contributed by atoms with Gasteiger partial charge in [0.1, 0.15) is 5.75 Å². The summed E-state index contributed by atoms with van der Waals surface area (Å²) in [5.74, 6) is 0.910. The first-order chi connectivity index (χ1) is 13.7. The molecule has 0 aliphatic carbocycles. The summed E-state index contributed by atoms with van der Waals surface area (Å²) < 4.78 is 14.7. The second kappa shape index (κ2) is 8.24. The second-order valence-electron chi connectivity index (χ2n) is 5.56. The van der Waals surface area contributed by atoms with Gasteiger partial charge in [-0.3, -0.25) is 10.1 Å². The zero-order valence-electron chi connectivity index (χ0n) is 14.7. The summed E-state index contributed by atoms with van der Waals surface area (Å²) >= 11 is 2.50. The van der Waals surface area contributed by atoms with E-state index in [2.05, 4.69) is 19.8 Å². The number of nitrogens with zero attached hydrogens (tertiary/aromatic N) is 3. The Morgan fingerprint density at radius 1 is 1.14 bits per heavy atom. The molecule has 2 aromatic heterocycles. The van der Waals surface area contributed by atoms with E-state index in [0.717, 1.165) is 27.7 Å². The van der Waals surface area contributed by atoms with Crippen LogP contribution in [-0.4, -0.2) is 27.5 Å². The van der Waals surface area contributed by atoms with Crippen molar-refractivity contribution in [2.45, 2.75) is 10.1 Å². The van der Waals surface area contributed by atoms with Gasteiger partial charge in [0, 0.05) is 28.1 Å². The van der Waals surface area contributed by atoms with Crippen molar-refractivity contribution in [1.29, 1.82) is 0 Å². The van der Waals surface area contributed by atoms with Crippen molar-refractivity contribution in [3.63, 3.8) is 0 Å². The first kappa shape index (κ1) is 18.2. The Kier molecular flexibility index (Phi) is 5.36. The van der Waals surface area contributed by atoms with Gasteiger partial charge in [-0.25, -0.2) is 0 Å². The maximum Gasteiger partial charge on any atom is 0.279 e. The van der Waals surface area contributed by atoms with Crippen LogP contribution < -0.4 is 10.1 Å². The Labute approximate surface area is 168 Å². The molecule has 4 rings (SSSR count). The number of rotatable bonds is 6. The number of carbonyl (C=O) groups excluding carboxylic acids is 1. The number of amides is 1. The summed E-state index contributed by atoms with van der Waals surface area (Å²) in [7, 11) is 1.62. The molecule has 4 aromatic rings. The fourth-order valence-corrected chi connectivity index (χ4v) is 3.74. The summed E-state index contributed by atoms with van der Waals surface area (Å²) in [6, 6.07) is 18.6. The average molecular weight is 410 g/mol. The van der Waals surface area contributed by atoms with Gasteiger partial charge in [0.05, 0.1) is 7.11 Å². The molecule has 0 unspecified atom stereocenters. The number of hydrogen-bond donors (Lipinski definition) is 1. The van der Waals surface area contributed by atoms with Crippen molar-refractivity contribution in [3.05, 3.63) is 66.4 Å². The first-order valence-corrected chi connectivity index (χ1v) is 9.79. The molecule has 2 heterocycles. The van der Waals surface area contributed by atoms with Gasteiger partial charge < -0.3 is 9.26 Å². The minimum Gasteiger partial charge on any atom is -0.497 e. The van der Waals surface area contributed by atoms with Gasteiger partial charge in [-0.05, 0) is 36.0 Å². The minimum atomic E-state index is -0.400. The predicted octanol–water partition coefficient (Wildman–Crippen LogP) is 4.61. The number of benzene rings is 2. The molecule has 28 heavy (non-hydrogen) atoms. The van der Waals surface area contributed by atoms with Gasteiger partial charge in [-0.15, -0.1) is 0 Å².